The predicted molar refractivity (Wildman–Crippen MR) is 104 cm³/mol. The third-order valence-electron chi connectivity index (χ3n) is 4.63. The average molecular weight is 444 g/mol. The smallest absolute Gasteiger partial charge is 0.326 e. The summed E-state index contributed by atoms with van der Waals surface area (Å²) in [6.07, 6.45) is -0.408. The molecule has 7 N–H and O–H groups in total. The first kappa shape index (κ1) is 25.8. The first-order valence-electron chi connectivity index (χ1n) is 9.73. The molecule has 0 aliphatic carbocycles. The fourth-order valence-electron chi connectivity index (χ4n) is 2.99. The molecule has 0 aromatic heterocycles. The third kappa shape index (κ3) is 8.58. The molecule has 0 saturated carbocycles. The average Bonchev–Trinajstić information content (AvgIpc) is 3.18. The third-order valence-corrected chi connectivity index (χ3v) is 4.63. The van der Waals surface area contributed by atoms with Crippen molar-refractivity contribution in [3.63, 3.8) is 0 Å². The zero-order chi connectivity index (χ0) is 23.7. The summed E-state index contributed by atoms with van der Waals surface area (Å²) in [5.74, 6) is -7.38. The van der Waals surface area contributed by atoms with E-state index >= 15 is 0 Å². The van der Waals surface area contributed by atoms with Crippen LogP contribution < -0.4 is 21.3 Å². The van der Waals surface area contributed by atoms with Gasteiger partial charge < -0.3 is 36.6 Å². The maximum Gasteiger partial charge on any atom is 0.326 e. The minimum atomic E-state index is -1.81. The van der Waals surface area contributed by atoms with Gasteiger partial charge in [0.25, 0.3) is 0 Å². The molecular weight excluding hydrogens is 416 g/mol. The summed E-state index contributed by atoms with van der Waals surface area (Å²) in [4.78, 5) is 70.5. The Hall–Kier alpha value is -3.22. The van der Waals surface area contributed by atoms with Crippen molar-refractivity contribution in [2.75, 3.05) is 6.54 Å². The Balaban J connectivity index is 2.90. The van der Waals surface area contributed by atoms with Crippen molar-refractivity contribution in [2.24, 2.45) is 5.92 Å². The van der Waals surface area contributed by atoms with Crippen LogP contribution in [0.1, 0.15) is 39.5 Å². The van der Waals surface area contributed by atoms with Crippen LogP contribution in [0.15, 0.2) is 0 Å². The summed E-state index contributed by atoms with van der Waals surface area (Å²) in [5.41, 5.74) is 0. The Morgan fingerprint density at radius 1 is 0.871 bits per heavy atom. The van der Waals surface area contributed by atoms with Crippen molar-refractivity contribution in [1.82, 2.24) is 21.3 Å². The molecule has 0 aromatic rings. The number of rotatable bonds is 12. The van der Waals surface area contributed by atoms with Gasteiger partial charge in [-0.3, -0.25) is 24.0 Å². The van der Waals surface area contributed by atoms with Gasteiger partial charge in [0.05, 0.1) is 18.9 Å². The second kappa shape index (κ2) is 11.8. The lowest BCUT2D eigenvalue weighted by Gasteiger charge is -2.26. The Kier molecular flexibility index (Phi) is 9.86. The molecule has 174 valence electrons. The summed E-state index contributed by atoms with van der Waals surface area (Å²) < 4.78 is 0. The Morgan fingerprint density at radius 3 is 1.87 bits per heavy atom. The number of nitrogens with one attached hydrogen (secondary N) is 4. The van der Waals surface area contributed by atoms with Gasteiger partial charge in [0.1, 0.15) is 18.1 Å². The molecule has 0 bridgehead atoms. The molecule has 1 saturated heterocycles. The van der Waals surface area contributed by atoms with E-state index in [1.54, 1.807) is 13.8 Å². The highest BCUT2D eigenvalue weighted by molar-refractivity contribution is 5.96. The van der Waals surface area contributed by atoms with Gasteiger partial charge in [-0.15, -0.1) is 0 Å². The van der Waals surface area contributed by atoms with Gasteiger partial charge >= 0.3 is 17.9 Å². The largest absolute Gasteiger partial charge is 0.481 e. The molecule has 31 heavy (non-hydrogen) atoms. The summed E-state index contributed by atoms with van der Waals surface area (Å²) in [7, 11) is 0. The molecule has 1 aliphatic rings. The molecule has 0 aromatic carbocycles. The summed E-state index contributed by atoms with van der Waals surface area (Å²) >= 11 is 0. The van der Waals surface area contributed by atoms with Gasteiger partial charge in [0, 0.05) is 0 Å². The van der Waals surface area contributed by atoms with Crippen LogP contribution in [0.3, 0.4) is 0 Å². The minimum Gasteiger partial charge on any atom is -0.481 e. The standard InChI is InChI=1S/C18H28N4O9/c1-8(2)14(22-15(27)9-4-3-5-19-9)17(29)20-10(6-12(23)24)16(28)21-11(18(30)31)7-13(25)26/h8-11,14,19H,3-7H2,1-2H3,(H,20,29)(H,21,28)(H,22,27)(H,23,24)(H,25,26)(H,30,31). The van der Waals surface area contributed by atoms with Gasteiger partial charge in [-0.25, -0.2) is 4.79 Å². The number of carbonyl (C=O) groups is 6. The molecule has 1 aliphatic heterocycles. The van der Waals surface area contributed by atoms with Crippen molar-refractivity contribution in [3.8, 4) is 0 Å². The van der Waals surface area contributed by atoms with Gasteiger partial charge in [-0.05, 0) is 25.3 Å². The highest BCUT2D eigenvalue weighted by Crippen LogP contribution is 2.09. The van der Waals surface area contributed by atoms with E-state index in [2.05, 4.69) is 16.0 Å². The molecule has 13 heteroatoms. The van der Waals surface area contributed by atoms with Crippen molar-refractivity contribution in [3.05, 3.63) is 0 Å². The number of aliphatic carboxylic acids is 3. The second-order valence-corrected chi connectivity index (χ2v) is 7.54. The molecule has 0 radical (unpaired) electrons. The number of carboxylic acid groups (broad SMARTS) is 3. The Bertz CT molecular complexity index is 719. The molecule has 4 unspecified atom stereocenters. The van der Waals surface area contributed by atoms with Crippen LogP contribution in [0, 0.1) is 5.92 Å². The summed E-state index contributed by atoms with van der Waals surface area (Å²) in [6, 6.07) is -5.02. The van der Waals surface area contributed by atoms with Crippen LogP contribution in [0.25, 0.3) is 0 Å². The normalized spacial score (nSPS) is 18.5. The van der Waals surface area contributed by atoms with Gasteiger partial charge in [-0.2, -0.15) is 0 Å². The van der Waals surface area contributed by atoms with E-state index in [1.165, 1.54) is 0 Å². The fourth-order valence-corrected chi connectivity index (χ4v) is 2.99. The quantitative estimate of drug-likeness (QED) is 0.174. The van der Waals surface area contributed by atoms with Crippen LogP contribution in [0.4, 0.5) is 0 Å². The molecule has 3 amide bonds. The van der Waals surface area contributed by atoms with E-state index < -0.39 is 78.6 Å². The lowest BCUT2D eigenvalue weighted by atomic mass is 10.0. The van der Waals surface area contributed by atoms with Crippen molar-refractivity contribution < 1.29 is 44.1 Å². The molecule has 1 rings (SSSR count). The van der Waals surface area contributed by atoms with Crippen LogP contribution in [-0.2, 0) is 28.8 Å². The monoisotopic (exact) mass is 444 g/mol. The molecule has 1 heterocycles. The number of carbonyl (C=O) groups excluding carboxylic acids is 3. The number of hydrogen-bond acceptors (Lipinski definition) is 7. The summed E-state index contributed by atoms with van der Waals surface area (Å²) in [5, 5.41) is 36.5. The predicted octanol–water partition coefficient (Wildman–Crippen LogP) is -2.12. The fraction of sp³-hybridized carbons (Fsp3) is 0.667. The highest BCUT2D eigenvalue weighted by atomic mass is 16.4. The van der Waals surface area contributed by atoms with Gasteiger partial charge in [-0.1, -0.05) is 13.8 Å². The lowest BCUT2D eigenvalue weighted by molar-refractivity contribution is -0.148. The van der Waals surface area contributed by atoms with Crippen LogP contribution >= 0.6 is 0 Å². The van der Waals surface area contributed by atoms with Gasteiger partial charge in [0.15, 0.2) is 0 Å². The molecule has 13 nitrogen and oxygen atoms in total. The number of carboxylic acids is 3. The zero-order valence-electron chi connectivity index (χ0n) is 17.2. The zero-order valence-corrected chi connectivity index (χ0v) is 17.2. The van der Waals surface area contributed by atoms with Crippen molar-refractivity contribution in [1.29, 1.82) is 0 Å². The molecular formula is C18H28N4O9. The van der Waals surface area contributed by atoms with Crippen LogP contribution in [-0.4, -0.2) is 81.7 Å². The van der Waals surface area contributed by atoms with E-state index in [0.29, 0.717) is 13.0 Å². The Morgan fingerprint density at radius 2 is 1.42 bits per heavy atom. The second-order valence-electron chi connectivity index (χ2n) is 7.54. The van der Waals surface area contributed by atoms with E-state index in [9.17, 15) is 28.8 Å². The van der Waals surface area contributed by atoms with Crippen LogP contribution in [0.2, 0.25) is 0 Å². The number of amides is 3. The first-order chi connectivity index (χ1) is 14.4. The number of hydrogen-bond donors (Lipinski definition) is 7. The molecule has 4 atom stereocenters. The van der Waals surface area contributed by atoms with Crippen LogP contribution in [0.5, 0.6) is 0 Å². The highest BCUT2D eigenvalue weighted by Gasteiger charge is 2.34. The summed E-state index contributed by atoms with van der Waals surface area (Å²) in [6.45, 7) is 3.96. The maximum absolute atomic E-state index is 12.7. The van der Waals surface area contributed by atoms with E-state index in [1.807, 2.05) is 5.32 Å². The Labute approximate surface area is 177 Å². The minimum absolute atomic E-state index is 0.405. The van der Waals surface area contributed by atoms with Crippen molar-refractivity contribution in [2.45, 2.75) is 63.7 Å². The topological polar surface area (TPSA) is 211 Å². The van der Waals surface area contributed by atoms with E-state index in [-0.39, 0.29) is 0 Å². The first-order valence-corrected chi connectivity index (χ1v) is 9.73. The van der Waals surface area contributed by atoms with Crippen molar-refractivity contribution >= 4 is 35.6 Å². The lowest BCUT2D eigenvalue weighted by Crippen LogP contribution is -2.58. The molecule has 1 fully saturated rings. The molecule has 0 spiro atoms. The maximum atomic E-state index is 12.7. The SMILES string of the molecule is CC(C)C(NC(=O)C1CCCN1)C(=O)NC(CC(=O)O)C(=O)NC(CC(=O)O)C(=O)O. The van der Waals surface area contributed by atoms with E-state index in [0.717, 1.165) is 6.42 Å². The van der Waals surface area contributed by atoms with Gasteiger partial charge in [0.2, 0.25) is 17.7 Å². The van der Waals surface area contributed by atoms with E-state index in [4.69, 9.17) is 15.3 Å².